The predicted molar refractivity (Wildman–Crippen MR) is 91.3 cm³/mol. The van der Waals surface area contributed by atoms with E-state index >= 15 is 0 Å². The van der Waals surface area contributed by atoms with Gasteiger partial charge in [0.15, 0.2) is 5.11 Å². The summed E-state index contributed by atoms with van der Waals surface area (Å²) in [5.41, 5.74) is -0.492. The van der Waals surface area contributed by atoms with Crippen LogP contribution >= 0.6 is 12.2 Å². The molecule has 0 saturated heterocycles. The minimum atomic E-state index is -0.551. The van der Waals surface area contributed by atoms with Crippen LogP contribution in [0.1, 0.15) is 53.4 Å². The molecule has 0 bridgehead atoms. The molecular weight excluding hydrogens is 318 g/mol. The molecule has 132 valence electrons. The van der Waals surface area contributed by atoms with Crippen molar-refractivity contribution in [1.82, 2.24) is 16.0 Å². The lowest BCUT2D eigenvalue weighted by Gasteiger charge is -2.31. The van der Waals surface area contributed by atoms with Crippen LogP contribution in [0, 0.1) is 0 Å². The third kappa shape index (κ3) is 8.59. The second-order valence-corrected chi connectivity index (χ2v) is 6.92. The van der Waals surface area contributed by atoms with Crippen molar-refractivity contribution < 1.29 is 19.1 Å². The van der Waals surface area contributed by atoms with Crippen LogP contribution in [0.2, 0.25) is 0 Å². The zero-order chi connectivity index (χ0) is 17.5. The number of carbonyl (C=O) groups is 2. The second kappa shape index (κ2) is 8.90. The molecule has 0 radical (unpaired) electrons. The average molecular weight is 345 g/mol. The summed E-state index contributed by atoms with van der Waals surface area (Å²) in [5, 5.41) is 8.72. The number of carbonyl (C=O) groups excluding carboxylic acids is 2. The molecule has 0 aromatic carbocycles. The van der Waals surface area contributed by atoms with Gasteiger partial charge in [-0.3, -0.25) is 5.32 Å². The van der Waals surface area contributed by atoms with Gasteiger partial charge in [0.25, 0.3) is 0 Å². The van der Waals surface area contributed by atoms with Crippen LogP contribution in [0.5, 0.6) is 0 Å². The third-order valence-electron chi connectivity index (χ3n) is 3.27. The van der Waals surface area contributed by atoms with E-state index in [4.69, 9.17) is 21.7 Å². The monoisotopic (exact) mass is 345 g/mol. The number of hydrogen-bond acceptors (Lipinski definition) is 5. The third-order valence-corrected chi connectivity index (χ3v) is 3.49. The van der Waals surface area contributed by atoms with Crippen molar-refractivity contribution in [2.45, 2.75) is 71.1 Å². The fourth-order valence-electron chi connectivity index (χ4n) is 2.34. The molecule has 1 aliphatic rings. The van der Waals surface area contributed by atoms with E-state index < -0.39 is 11.7 Å². The van der Waals surface area contributed by atoms with E-state index in [0.29, 0.717) is 6.61 Å². The van der Waals surface area contributed by atoms with Crippen molar-refractivity contribution in [3.8, 4) is 0 Å². The number of alkyl carbamates (subject to hydrolysis) is 2. The minimum absolute atomic E-state index is 0.106. The largest absolute Gasteiger partial charge is 0.450 e. The maximum Gasteiger partial charge on any atom is 0.413 e. The molecule has 23 heavy (non-hydrogen) atoms. The number of ether oxygens (including phenoxy) is 2. The summed E-state index contributed by atoms with van der Waals surface area (Å²) >= 11 is 5.07. The van der Waals surface area contributed by atoms with Crippen LogP contribution in [0.25, 0.3) is 0 Å². The van der Waals surface area contributed by atoms with E-state index in [2.05, 4.69) is 16.0 Å². The molecular formula is C15H27N3O4S. The molecule has 1 aliphatic carbocycles. The van der Waals surface area contributed by atoms with E-state index in [1.54, 1.807) is 6.92 Å². The molecule has 8 heteroatoms. The van der Waals surface area contributed by atoms with Crippen molar-refractivity contribution >= 4 is 29.5 Å². The van der Waals surface area contributed by atoms with Crippen LogP contribution < -0.4 is 16.0 Å². The highest BCUT2D eigenvalue weighted by molar-refractivity contribution is 7.80. The van der Waals surface area contributed by atoms with Gasteiger partial charge in [-0.25, -0.2) is 9.59 Å². The van der Waals surface area contributed by atoms with Gasteiger partial charge in [0.05, 0.1) is 6.61 Å². The van der Waals surface area contributed by atoms with Gasteiger partial charge in [0.2, 0.25) is 0 Å². The quantitative estimate of drug-likeness (QED) is 0.681. The highest BCUT2D eigenvalue weighted by Gasteiger charge is 2.25. The van der Waals surface area contributed by atoms with Gasteiger partial charge in [-0.15, -0.1) is 0 Å². The number of nitrogens with one attached hydrogen (secondary N) is 3. The Morgan fingerprint density at radius 1 is 1.04 bits per heavy atom. The molecule has 7 nitrogen and oxygen atoms in total. The molecule has 0 unspecified atom stereocenters. The summed E-state index contributed by atoms with van der Waals surface area (Å²) in [7, 11) is 0. The van der Waals surface area contributed by atoms with Gasteiger partial charge in [0, 0.05) is 12.1 Å². The van der Waals surface area contributed by atoms with Crippen LogP contribution in [0.15, 0.2) is 0 Å². The Balaban J connectivity index is 2.26. The smallest absolute Gasteiger partial charge is 0.413 e. The standard InChI is InChI=1S/C15H27N3O4S/c1-5-21-13(19)18-12(23)16-10-6-8-11(9-7-10)17-14(20)22-15(2,3)4/h10-11H,5-9H2,1-4H3,(H,17,20)(H2,16,18,19,23)/t10-,11-. The first-order chi connectivity index (χ1) is 10.7. The maximum absolute atomic E-state index is 11.7. The summed E-state index contributed by atoms with van der Waals surface area (Å²) in [6.45, 7) is 7.55. The lowest BCUT2D eigenvalue weighted by atomic mass is 9.91. The first-order valence-electron chi connectivity index (χ1n) is 7.93. The Morgan fingerprint density at radius 3 is 2.04 bits per heavy atom. The molecule has 1 fully saturated rings. The molecule has 0 heterocycles. The number of hydrogen-bond donors (Lipinski definition) is 3. The zero-order valence-electron chi connectivity index (χ0n) is 14.2. The Morgan fingerprint density at radius 2 is 1.57 bits per heavy atom. The van der Waals surface area contributed by atoms with Gasteiger partial charge in [-0.1, -0.05) is 0 Å². The van der Waals surface area contributed by atoms with Crippen molar-refractivity contribution in [3.63, 3.8) is 0 Å². The highest BCUT2D eigenvalue weighted by atomic mass is 32.1. The molecule has 0 atom stereocenters. The summed E-state index contributed by atoms with van der Waals surface area (Å²) in [6.07, 6.45) is 2.44. The lowest BCUT2D eigenvalue weighted by Crippen LogP contribution is -2.48. The predicted octanol–water partition coefficient (Wildman–Crippen LogP) is 2.44. The molecule has 1 saturated carbocycles. The van der Waals surface area contributed by atoms with Crippen LogP contribution in [0.4, 0.5) is 9.59 Å². The van der Waals surface area contributed by atoms with Crippen molar-refractivity contribution in [3.05, 3.63) is 0 Å². The molecule has 0 aromatic rings. The van der Waals surface area contributed by atoms with Crippen molar-refractivity contribution in [2.75, 3.05) is 6.61 Å². The molecule has 3 N–H and O–H groups in total. The number of amides is 2. The second-order valence-electron chi connectivity index (χ2n) is 6.51. The molecule has 0 aliphatic heterocycles. The average Bonchev–Trinajstić information content (AvgIpc) is 2.38. The Kier molecular flexibility index (Phi) is 7.54. The van der Waals surface area contributed by atoms with Gasteiger partial charge >= 0.3 is 12.2 Å². The van der Waals surface area contributed by atoms with E-state index in [9.17, 15) is 9.59 Å². The number of thiocarbonyl (C=S) groups is 1. The summed E-state index contributed by atoms with van der Waals surface area (Å²) < 4.78 is 10.0. The van der Waals surface area contributed by atoms with Crippen LogP contribution in [-0.4, -0.2) is 41.6 Å². The maximum atomic E-state index is 11.7. The fourth-order valence-corrected chi connectivity index (χ4v) is 2.59. The Hall–Kier alpha value is -1.57. The SMILES string of the molecule is CCOC(=O)NC(=S)N[C@H]1CC[C@H](NC(=O)OC(C)(C)C)CC1. The molecule has 0 spiro atoms. The first-order valence-corrected chi connectivity index (χ1v) is 8.34. The normalized spacial score (nSPS) is 21.0. The summed E-state index contributed by atoms with van der Waals surface area (Å²) in [4.78, 5) is 23.0. The van der Waals surface area contributed by atoms with Gasteiger partial charge in [-0.2, -0.15) is 0 Å². The Bertz CT molecular complexity index is 429. The number of rotatable bonds is 3. The lowest BCUT2D eigenvalue weighted by molar-refractivity contribution is 0.0490. The highest BCUT2D eigenvalue weighted by Crippen LogP contribution is 2.19. The van der Waals surface area contributed by atoms with E-state index in [-0.39, 0.29) is 23.3 Å². The zero-order valence-corrected chi connectivity index (χ0v) is 15.0. The molecule has 1 rings (SSSR count). The van der Waals surface area contributed by atoms with Gasteiger partial charge in [-0.05, 0) is 65.6 Å². The van der Waals surface area contributed by atoms with Crippen molar-refractivity contribution in [2.24, 2.45) is 0 Å². The van der Waals surface area contributed by atoms with Crippen molar-refractivity contribution in [1.29, 1.82) is 0 Å². The van der Waals surface area contributed by atoms with E-state index in [1.165, 1.54) is 0 Å². The van der Waals surface area contributed by atoms with Gasteiger partial charge < -0.3 is 20.1 Å². The van der Waals surface area contributed by atoms with E-state index in [1.807, 2.05) is 20.8 Å². The topological polar surface area (TPSA) is 88.7 Å². The molecule has 0 aromatic heterocycles. The first kappa shape index (κ1) is 19.5. The Labute approximate surface area is 142 Å². The fraction of sp³-hybridized carbons (Fsp3) is 0.800. The summed E-state index contributed by atoms with van der Waals surface area (Å²) in [5.74, 6) is 0. The minimum Gasteiger partial charge on any atom is -0.450 e. The summed E-state index contributed by atoms with van der Waals surface area (Å²) in [6, 6.07) is 0.288. The van der Waals surface area contributed by atoms with E-state index in [0.717, 1.165) is 25.7 Å². The van der Waals surface area contributed by atoms with Gasteiger partial charge in [0.1, 0.15) is 5.60 Å². The van der Waals surface area contributed by atoms with Crippen LogP contribution in [-0.2, 0) is 9.47 Å². The molecule has 2 amide bonds. The van der Waals surface area contributed by atoms with Crippen LogP contribution in [0.3, 0.4) is 0 Å².